The zero-order chi connectivity index (χ0) is 23.5. The van der Waals surface area contributed by atoms with E-state index in [1.54, 1.807) is 35.9 Å². The number of rotatable bonds is 6. The van der Waals surface area contributed by atoms with Crippen molar-refractivity contribution in [3.8, 4) is 5.75 Å². The molecule has 0 bridgehead atoms. The summed E-state index contributed by atoms with van der Waals surface area (Å²) in [4.78, 5) is 26.7. The molecular formula is C28H22N2O3S. The van der Waals surface area contributed by atoms with Gasteiger partial charge in [0.05, 0.1) is 23.9 Å². The maximum atomic E-state index is 13.2. The molecule has 1 aromatic heterocycles. The Hall–Kier alpha value is -4.03. The van der Waals surface area contributed by atoms with Crippen molar-refractivity contribution in [2.45, 2.75) is 4.90 Å². The van der Waals surface area contributed by atoms with E-state index in [9.17, 15) is 9.59 Å². The Labute approximate surface area is 201 Å². The standard InChI is InChI=1S/C28H22N2O3S/c1-33-21-8-6-7-19(17-21)28(32)29-20-13-15-22(16-14-20)34-18-27(31)30-25-11-4-2-9-23(25)24-10-3-5-12-26(24)30/h2-17H,18H2,1H3,(H,29,32). The van der Waals surface area contributed by atoms with Crippen molar-refractivity contribution in [2.24, 2.45) is 0 Å². The number of benzene rings is 4. The van der Waals surface area contributed by atoms with E-state index in [0.29, 0.717) is 22.8 Å². The van der Waals surface area contributed by atoms with Crippen LogP contribution in [0.1, 0.15) is 15.2 Å². The van der Waals surface area contributed by atoms with E-state index in [0.717, 1.165) is 26.7 Å². The number of nitrogens with one attached hydrogen (secondary N) is 1. The quantitative estimate of drug-likeness (QED) is 0.291. The molecule has 0 saturated carbocycles. The van der Waals surface area contributed by atoms with Crippen LogP contribution in [0.5, 0.6) is 5.75 Å². The number of hydrogen-bond donors (Lipinski definition) is 1. The molecule has 168 valence electrons. The summed E-state index contributed by atoms with van der Waals surface area (Å²) in [5, 5.41) is 5.04. The molecule has 6 heteroatoms. The van der Waals surface area contributed by atoms with Crippen molar-refractivity contribution in [3.63, 3.8) is 0 Å². The summed E-state index contributed by atoms with van der Waals surface area (Å²) in [5.41, 5.74) is 3.05. The van der Waals surface area contributed by atoms with Gasteiger partial charge in [0.15, 0.2) is 0 Å². The van der Waals surface area contributed by atoms with Crippen molar-refractivity contribution in [1.29, 1.82) is 0 Å². The second-order valence-corrected chi connectivity index (χ2v) is 8.81. The molecule has 5 nitrogen and oxygen atoms in total. The molecule has 0 fully saturated rings. The first-order valence-electron chi connectivity index (χ1n) is 10.8. The molecule has 0 radical (unpaired) electrons. The molecule has 34 heavy (non-hydrogen) atoms. The molecule has 5 rings (SSSR count). The van der Waals surface area contributed by atoms with Gasteiger partial charge in [-0.1, -0.05) is 42.5 Å². The second-order valence-electron chi connectivity index (χ2n) is 7.76. The Morgan fingerprint density at radius 1 is 0.824 bits per heavy atom. The first-order valence-corrected chi connectivity index (χ1v) is 11.8. The highest BCUT2D eigenvalue weighted by Crippen LogP contribution is 2.30. The Balaban J connectivity index is 1.28. The topological polar surface area (TPSA) is 60.3 Å². The van der Waals surface area contributed by atoms with Gasteiger partial charge in [0.1, 0.15) is 5.75 Å². The van der Waals surface area contributed by atoms with Gasteiger partial charge in [-0.2, -0.15) is 0 Å². The fraction of sp³-hybridized carbons (Fsp3) is 0.0714. The maximum Gasteiger partial charge on any atom is 0.255 e. The van der Waals surface area contributed by atoms with E-state index in [-0.39, 0.29) is 11.8 Å². The highest BCUT2D eigenvalue weighted by atomic mass is 32.2. The van der Waals surface area contributed by atoms with E-state index < -0.39 is 0 Å². The number of methoxy groups -OCH3 is 1. The normalized spacial score (nSPS) is 11.0. The van der Waals surface area contributed by atoms with Crippen LogP contribution in [0.4, 0.5) is 5.69 Å². The lowest BCUT2D eigenvalue weighted by Crippen LogP contribution is -2.13. The number of hydrogen-bond acceptors (Lipinski definition) is 4. The van der Waals surface area contributed by atoms with Crippen LogP contribution in [-0.2, 0) is 0 Å². The third kappa shape index (κ3) is 4.28. The molecule has 1 N–H and O–H groups in total. The zero-order valence-corrected chi connectivity index (χ0v) is 19.3. The Morgan fingerprint density at radius 2 is 1.47 bits per heavy atom. The minimum Gasteiger partial charge on any atom is -0.497 e. The number of fused-ring (bicyclic) bond motifs is 3. The number of amides is 1. The monoisotopic (exact) mass is 466 g/mol. The van der Waals surface area contributed by atoms with Crippen molar-refractivity contribution < 1.29 is 14.3 Å². The van der Waals surface area contributed by atoms with Gasteiger partial charge >= 0.3 is 0 Å². The number of carbonyl (C=O) groups is 2. The van der Waals surface area contributed by atoms with Gasteiger partial charge in [0, 0.05) is 26.9 Å². The number of nitrogens with zero attached hydrogens (tertiary/aromatic N) is 1. The summed E-state index contributed by atoms with van der Waals surface area (Å²) in [5.74, 6) is 0.754. The zero-order valence-electron chi connectivity index (χ0n) is 18.5. The summed E-state index contributed by atoms with van der Waals surface area (Å²) in [6, 6.07) is 30.5. The van der Waals surface area contributed by atoms with E-state index in [2.05, 4.69) is 5.32 Å². The fourth-order valence-corrected chi connectivity index (χ4v) is 4.75. The molecule has 0 aliphatic carbocycles. The van der Waals surface area contributed by atoms with Crippen molar-refractivity contribution in [1.82, 2.24) is 4.57 Å². The highest BCUT2D eigenvalue weighted by Gasteiger charge is 2.15. The molecule has 0 unspecified atom stereocenters. The van der Waals surface area contributed by atoms with E-state index in [4.69, 9.17) is 4.74 Å². The smallest absolute Gasteiger partial charge is 0.255 e. The largest absolute Gasteiger partial charge is 0.497 e. The van der Waals surface area contributed by atoms with Gasteiger partial charge in [-0.25, -0.2) is 0 Å². The first kappa shape index (κ1) is 21.8. The van der Waals surface area contributed by atoms with Gasteiger partial charge in [-0.05, 0) is 54.6 Å². The van der Waals surface area contributed by atoms with Crippen LogP contribution < -0.4 is 10.1 Å². The summed E-state index contributed by atoms with van der Waals surface area (Å²) >= 11 is 1.47. The molecule has 1 amide bonds. The van der Waals surface area contributed by atoms with E-state index in [1.165, 1.54) is 11.8 Å². The molecule has 0 aliphatic rings. The molecule has 1 heterocycles. The molecule has 0 atom stereocenters. The number of aromatic nitrogens is 1. The predicted octanol–water partition coefficient (Wildman–Crippen LogP) is 6.49. The van der Waals surface area contributed by atoms with Gasteiger partial charge in [0.2, 0.25) is 5.91 Å². The van der Waals surface area contributed by atoms with Crippen molar-refractivity contribution >= 4 is 51.1 Å². The van der Waals surface area contributed by atoms with E-state index >= 15 is 0 Å². The molecule has 0 spiro atoms. The number of para-hydroxylation sites is 2. The summed E-state index contributed by atoms with van der Waals surface area (Å²) in [6.45, 7) is 0. The Kier molecular flexibility index (Phi) is 6.06. The van der Waals surface area contributed by atoms with E-state index in [1.807, 2.05) is 72.8 Å². The molecule has 4 aromatic carbocycles. The SMILES string of the molecule is COc1cccc(C(=O)Nc2ccc(SCC(=O)n3c4ccccc4c4ccccc43)cc2)c1. The van der Waals surface area contributed by atoms with Crippen molar-refractivity contribution in [3.05, 3.63) is 103 Å². The number of ether oxygens (including phenoxy) is 1. The van der Waals surface area contributed by atoms with Crippen molar-refractivity contribution in [2.75, 3.05) is 18.2 Å². The molecule has 0 aliphatic heterocycles. The lowest BCUT2D eigenvalue weighted by Gasteiger charge is -2.08. The molecule has 0 saturated heterocycles. The van der Waals surface area contributed by atoms with Crippen LogP contribution in [-0.4, -0.2) is 29.2 Å². The van der Waals surface area contributed by atoms with Gasteiger partial charge < -0.3 is 10.1 Å². The number of carbonyl (C=O) groups excluding carboxylic acids is 2. The average Bonchev–Trinajstić information content (AvgIpc) is 3.23. The Morgan fingerprint density at radius 3 is 2.12 bits per heavy atom. The van der Waals surface area contributed by atoms with Gasteiger partial charge in [-0.3, -0.25) is 14.2 Å². The predicted molar refractivity (Wildman–Crippen MR) is 138 cm³/mol. The fourth-order valence-electron chi connectivity index (χ4n) is 4.00. The van der Waals surface area contributed by atoms with Gasteiger partial charge in [0.25, 0.3) is 5.91 Å². The highest BCUT2D eigenvalue weighted by molar-refractivity contribution is 8.00. The molecule has 5 aromatic rings. The average molecular weight is 467 g/mol. The van der Waals surface area contributed by atoms with Crippen LogP contribution in [0.3, 0.4) is 0 Å². The number of anilines is 1. The maximum absolute atomic E-state index is 13.2. The van der Waals surface area contributed by atoms with Crippen LogP contribution in [0.2, 0.25) is 0 Å². The van der Waals surface area contributed by atoms with Crippen LogP contribution >= 0.6 is 11.8 Å². The summed E-state index contributed by atoms with van der Waals surface area (Å²) in [7, 11) is 1.57. The third-order valence-electron chi connectivity index (χ3n) is 5.64. The van der Waals surface area contributed by atoms with Crippen LogP contribution in [0.25, 0.3) is 21.8 Å². The minimum absolute atomic E-state index is 0.0257. The van der Waals surface area contributed by atoms with Crippen LogP contribution in [0.15, 0.2) is 102 Å². The lowest BCUT2D eigenvalue weighted by molar-refractivity contribution is 0.0950. The third-order valence-corrected chi connectivity index (χ3v) is 6.63. The van der Waals surface area contributed by atoms with Gasteiger partial charge in [-0.15, -0.1) is 11.8 Å². The Bertz CT molecular complexity index is 1450. The van der Waals surface area contributed by atoms with Crippen LogP contribution in [0, 0.1) is 0 Å². The molecular weight excluding hydrogens is 444 g/mol. The first-order chi connectivity index (χ1) is 16.6. The lowest BCUT2D eigenvalue weighted by atomic mass is 10.2. The minimum atomic E-state index is -0.208. The second kappa shape index (κ2) is 9.45. The number of thioether (sulfide) groups is 1. The summed E-state index contributed by atoms with van der Waals surface area (Å²) in [6.07, 6.45) is 0. The summed E-state index contributed by atoms with van der Waals surface area (Å²) < 4.78 is 6.99.